The van der Waals surface area contributed by atoms with Gasteiger partial charge in [0.15, 0.2) is 0 Å². The molecule has 1 aliphatic carbocycles. The van der Waals surface area contributed by atoms with Gasteiger partial charge in [0.2, 0.25) is 0 Å². The first-order chi connectivity index (χ1) is 13.2. The van der Waals surface area contributed by atoms with Crippen LogP contribution >= 0.6 is 0 Å². The Labute approximate surface area is 158 Å². The van der Waals surface area contributed by atoms with E-state index >= 15 is 0 Å². The fourth-order valence-corrected chi connectivity index (χ4v) is 4.06. The van der Waals surface area contributed by atoms with Crippen LogP contribution in [0.5, 0.6) is 0 Å². The number of amides is 2. The summed E-state index contributed by atoms with van der Waals surface area (Å²) in [7, 11) is 0. The first-order valence-corrected chi connectivity index (χ1v) is 9.56. The normalized spacial score (nSPS) is 20.1. The Bertz CT molecular complexity index is 857. The molecule has 1 aromatic heterocycles. The van der Waals surface area contributed by atoms with Gasteiger partial charge >= 0.3 is 6.03 Å². The van der Waals surface area contributed by atoms with Gasteiger partial charge < -0.3 is 15.2 Å². The second-order valence-corrected chi connectivity index (χ2v) is 7.25. The third-order valence-electron chi connectivity index (χ3n) is 5.59. The van der Waals surface area contributed by atoms with Crippen molar-refractivity contribution >= 4 is 6.03 Å². The van der Waals surface area contributed by atoms with Crippen molar-refractivity contribution in [2.75, 3.05) is 26.2 Å². The molecule has 2 N–H and O–H groups in total. The number of hydrogen-bond donors (Lipinski definition) is 2. The van der Waals surface area contributed by atoms with Crippen molar-refractivity contribution < 1.29 is 4.79 Å². The van der Waals surface area contributed by atoms with Crippen LogP contribution in [0.25, 0.3) is 0 Å². The van der Waals surface area contributed by atoms with E-state index in [2.05, 4.69) is 44.5 Å². The monoisotopic (exact) mass is 367 g/mol. The molecule has 0 bridgehead atoms. The smallest absolute Gasteiger partial charge is 0.317 e. The van der Waals surface area contributed by atoms with Crippen LogP contribution in [0.1, 0.15) is 23.2 Å². The van der Waals surface area contributed by atoms with Crippen LogP contribution in [-0.2, 0) is 19.4 Å². The van der Waals surface area contributed by atoms with E-state index in [1.165, 1.54) is 29.9 Å². The highest BCUT2D eigenvalue weighted by molar-refractivity contribution is 5.74. The van der Waals surface area contributed by atoms with E-state index in [0.29, 0.717) is 11.7 Å². The molecule has 1 atom stereocenters. The summed E-state index contributed by atoms with van der Waals surface area (Å²) in [4.78, 5) is 34.6. The highest BCUT2D eigenvalue weighted by Crippen LogP contribution is 2.25. The number of H-pyrrole nitrogens is 1. The number of hydrogen-bond acceptors (Lipinski definition) is 4. The van der Waals surface area contributed by atoms with Gasteiger partial charge in [0.05, 0.1) is 18.6 Å². The second kappa shape index (κ2) is 7.92. The number of nitrogens with one attached hydrogen (secondary N) is 2. The van der Waals surface area contributed by atoms with Crippen LogP contribution < -0.4 is 10.9 Å². The van der Waals surface area contributed by atoms with E-state index in [1.807, 2.05) is 4.90 Å². The van der Waals surface area contributed by atoms with E-state index in [9.17, 15) is 9.59 Å². The molecule has 0 saturated carbocycles. The number of piperazine rings is 1. The summed E-state index contributed by atoms with van der Waals surface area (Å²) in [5, 5.41) is 2.86. The molecule has 0 radical (unpaired) electrons. The van der Waals surface area contributed by atoms with E-state index < -0.39 is 0 Å². The number of aryl methyl sites for hydroxylation is 1. The lowest BCUT2D eigenvalue weighted by Crippen LogP contribution is -2.55. The molecular formula is C20H25N5O2. The van der Waals surface area contributed by atoms with Gasteiger partial charge in [-0.15, -0.1) is 0 Å². The summed E-state index contributed by atoms with van der Waals surface area (Å²) in [6.45, 7) is 3.54. The molecule has 27 heavy (non-hydrogen) atoms. The molecule has 2 amide bonds. The SMILES string of the molecule is O=C(NCc1cc(=O)[nH]cn1)N1CCN([C@@H]2CCc3ccccc3C2)CC1. The molecule has 2 heterocycles. The van der Waals surface area contributed by atoms with Gasteiger partial charge in [-0.1, -0.05) is 24.3 Å². The number of rotatable bonds is 3. The Morgan fingerprint density at radius 2 is 1.96 bits per heavy atom. The number of aromatic nitrogens is 2. The zero-order chi connectivity index (χ0) is 18.6. The maximum absolute atomic E-state index is 12.4. The zero-order valence-electron chi connectivity index (χ0n) is 15.4. The summed E-state index contributed by atoms with van der Waals surface area (Å²) in [6.07, 6.45) is 4.80. The Balaban J connectivity index is 1.26. The molecule has 7 heteroatoms. The van der Waals surface area contributed by atoms with E-state index in [1.54, 1.807) is 0 Å². The lowest BCUT2D eigenvalue weighted by Gasteiger charge is -2.41. The number of fused-ring (bicyclic) bond motifs is 1. The average Bonchev–Trinajstić information content (AvgIpc) is 2.72. The van der Waals surface area contributed by atoms with Gasteiger partial charge in [-0.3, -0.25) is 9.69 Å². The quantitative estimate of drug-likeness (QED) is 0.853. The van der Waals surface area contributed by atoms with E-state index in [0.717, 1.165) is 39.0 Å². The molecule has 142 valence electrons. The topological polar surface area (TPSA) is 81.3 Å². The van der Waals surface area contributed by atoms with Gasteiger partial charge in [0.1, 0.15) is 0 Å². The van der Waals surface area contributed by atoms with E-state index in [4.69, 9.17) is 0 Å². The Morgan fingerprint density at radius 1 is 1.19 bits per heavy atom. The zero-order valence-corrected chi connectivity index (χ0v) is 15.4. The molecule has 2 aromatic rings. The average molecular weight is 367 g/mol. The Hall–Kier alpha value is -2.67. The number of carbonyl (C=O) groups excluding carboxylic acids is 1. The molecule has 0 unspecified atom stereocenters. The third-order valence-corrected chi connectivity index (χ3v) is 5.59. The minimum absolute atomic E-state index is 0.0919. The minimum Gasteiger partial charge on any atom is -0.332 e. The van der Waals surface area contributed by atoms with Crippen molar-refractivity contribution in [3.63, 3.8) is 0 Å². The summed E-state index contributed by atoms with van der Waals surface area (Å²) in [6, 6.07) is 10.6. The summed E-state index contributed by atoms with van der Waals surface area (Å²) < 4.78 is 0. The molecule has 7 nitrogen and oxygen atoms in total. The van der Waals surface area contributed by atoms with Gasteiger partial charge in [0, 0.05) is 38.3 Å². The maximum atomic E-state index is 12.4. The van der Waals surface area contributed by atoms with Gasteiger partial charge in [0.25, 0.3) is 5.56 Å². The van der Waals surface area contributed by atoms with Crippen LogP contribution in [0.3, 0.4) is 0 Å². The molecule has 0 spiro atoms. The fourth-order valence-electron chi connectivity index (χ4n) is 4.06. The van der Waals surface area contributed by atoms with Gasteiger partial charge in [-0.05, 0) is 30.4 Å². The number of aromatic amines is 1. The number of benzene rings is 1. The maximum Gasteiger partial charge on any atom is 0.317 e. The number of urea groups is 1. The molecule has 1 saturated heterocycles. The van der Waals surface area contributed by atoms with Gasteiger partial charge in [-0.2, -0.15) is 0 Å². The van der Waals surface area contributed by atoms with Crippen molar-refractivity contribution in [2.24, 2.45) is 0 Å². The Morgan fingerprint density at radius 3 is 2.74 bits per heavy atom. The summed E-state index contributed by atoms with van der Waals surface area (Å²) in [5.74, 6) is 0. The van der Waals surface area contributed by atoms with Crippen LogP contribution in [0.4, 0.5) is 4.79 Å². The predicted octanol–water partition coefficient (Wildman–Crippen LogP) is 1.15. The first-order valence-electron chi connectivity index (χ1n) is 9.56. The van der Waals surface area contributed by atoms with Crippen molar-refractivity contribution in [3.8, 4) is 0 Å². The third kappa shape index (κ3) is 4.19. The van der Waals surface area contributed by atoms with Gasteiger partial charge in [-0.25, -0.2) is 9.78 Å². The molecular weight excluding hydrogens is 342 g/mol. The van der Waals surface area contributed by atoms with Crippen molar-refractivity contribution in [1.82, 2.24) is 25.1 Å². The van der Waals surface area contributed by atoms with E-state index in [-0.39, 0.29) is 18.1 Å². The minimum atomic E-state index is -0.211. The van der Waals surface area contributed by atoms with Crippen LogP contribution in [0.2, 0.25) is 0 Å². The molecule has 4 rings (SSSR count). The number of nitrogens with zero attached hydrogens (tertiary/aromatic N) is 3. The highest BCUT2D eigenvalue weighted by atomic mass is 16.2. The Kier molecular flexibility index (Phi) is 5.20. The van der Waals surface area contributed by atoms with Crippen LogP contribution in [0.15, 0.2) is 41.5 Å². The van der Waals surface area contributed by atoms with Crippen molar-refractivity contribution in [2.45, 2.75) is 31.8 Å². The summed E-state index contributed by atoms with van der Waals surface area (Å²) >= 11 is 0. The molecule has 1 fully saturated rings. The molecule has 1 aliphatic heterocycles. The lowest BCUT2D eigenvalue weighted by atomic mass is 9.87. The largest absolute Gasteiger partial charge is 0.332 e. The van der Waals surface area contributed by atoms with Crippen LogP contribution in [-0.4, -0.2) is 58.0 Å². The predicted molar refractivity (Wildman–Crippen MR) is 102 cm³/mol. The fraction of sp³-hybridized carbons (Fsp3) is 0.450. The number of carbonyl (C=O) groups is 1. The molecule has 2 aliphatic rings. The van der Waals surface area contributed by atoms with Crippen molar-refractivity contribution in [3.05, 3.63) is 63.8 Å². The second-order valence-electron chi connectivity index (χ2n) is 7.25. The van der Waals surface area contributed by atoms with Crippen molar-refractivity contribution in [1.29, 1.82) is 0 Å². The first kappa shape index (κ1) is 17.7. The lowest BCUT2D eigenvalue weighted by molar-refractivity contribution is 0.101. The standard InChI is InChI=1S/C20H25N5O2/c26-19-12-17(22-14-23-19)13-21-20(27)25-9-7-24(8-10-25)18-6-5-15-3-1-2-4-16(15)11-18/h1-4,12,14,18H,5-11,13H2,(H,21,27)(H,22,23,26)/t18-/m1/s1. The highest BCUT2D eigenvalue weighted by Gasteiger charge is 2.28. The molecule has 1 aromatic carbocycles. The summed E-state index contributed by atoms with van der Waals surface area (Å²) in [5.41, 5.74) is 3.31. The van der Waals surface area contributed by atoms with Crippen LogP contribution in [0, 0.1) is 0 Å².